The van der Waals surface area contributed by atoms with Gasteiger partial charge in [-0.25, -0.2) is 18.7 Å². The second-order valence-corrected chi connectivity index (χ2v) is 6.80. The van der Waals surface area contributed by atoms with E-state index in [4.69, 9.17) is 23.2 Å². The number of carbonyl (C=O) groups excluding carboxylic acids is 1. The molecule has 2 aromatic heterocycles. The van der Waals surface area contributed by atoms with Gasteiger partial charge < -0.3 is 0 Å². The Kier molecular flexibility index (Phi) is 5.29. The zero-order valence-corrected chi connectivity index (χ0v) is 16.4. The van der Waals surface area contributed by atoms with Crippen LogP contribution in [0, 0.1) is 0 Å². The molecule has 1 amide bonds. The van der Waals surface area contributed by atoms with E-state index in [9.17, 15) is 14.4 Å². The molecule has 146 valence electrons. The SMILES string of the molecule is CC(C)n1nc(C(=O)Nc2nnnn2C)c(=O)n(-c2ccc(Cl)c(Cl)c2)c1=O. The van der Waals surface area contributed by atoms with E-state index in [1.807, 2.05) is 0 Å². The highest BCUT2D eigenvalue weighted by Crippen LogP contribution is 2.23. The molecule has 11 nitrogen and oxygen atoms in total. The van der Waals surface area contributed by atoms with Crippen molar-refractivity contribution >= 4 is 35.1 Å². The van der Waals surface area contributed by atoms with Gasteiger partial charge in [0.15, 0.2) is 0 Å². The van der Waals surface area contributed by atoms with E-state index < -0.39 is 28.9 Å². The minimum Gasteiger partial charge on any atom is -0.288 e. The minimum absolute atomic E-state index is 0.00887. The third-order valence-electron chi connectivity index (χ3n) is 3.71. The molecular weight excluding hydrogens is 411 g/mol. The Bertz CT molecular complexity index is 1180. The van der Waals surface area contributed by atoms with Crippen molar-refractivity contribution in [1.29, 1.82) is 0 Å². The van der Waals surface area contributed by atoms with Gasteiger partial charge in [0.1, 0.15) is 0 Å². The Morgan fingerprint density at radius 3 is 2.46 bits per heavy atom. The lowest BCUT2D eigenvalue weighted by atomic mass is 10.3. The number of tetrazole rings is 1. The molecule has 2 heterocycles. The van der Waals surface area contributed by atoms with E-state index in [0.717, 1.165) is 9.25 Å². The minimum atomic E-state index is -0.923. The lowest BCUT2D eigenvalue weighted by molar-refractivity contribution is 0.101. The fraction of sp³-hybridized carbons (Fsp3) is 0.267. The van der Waals surface area contributed by atoms with Crippen molar-refractivity contribution in [3.63, 3.8) is 0 Å². The van der Waals surface area contributed by atoms with Crippen molar-refractivity contribution in [2.75, 3.05) is 5.32 Å². The summed E-state index contributed by atoms with van der Waals surface area (Å²) in [5.74, 6) is -0.860. The van der Waals surface area contributed by atoms with E-state index in [2.05, 4.69) is 25.9 Å². The standard InChI is InChI=1S/C15H14Cl2N8O3/c1-7(2)25-15(28)24(8-4-5-9(16)10(17)6-8)13(27)11(20-25)12(26)18-14-19-21-22-23(14)3/h4-7H,1-3H3,(H,18,19,22,26). The first-order valence-corrected chi connectivity index (χ1v) is 8.71. The molecule has 0 saturated heterocycles. The number of rotatable bonds is 4. The summed E-state index contributed by atoms with van der Waals surface area (Å²) in [7, 11) is 1.51. The summed E-state index contributed by atoms with van der Waals surface area (Å²) in [5.41, 5.74) is -2.01. The van der Waals surface area contributed by atoms with E-state index >= 15 is 0 Å². The molecule has 0 fully saturated rings. The Morgan fingerprint density at radius 2 is 1.89 bits per heavy atom. The first-order chi connectivity index (χ1) is 13.2. The van der Waals surface area contributed by atoms with Gasteiger partial charge in [-0.2, -0.15) is 5.10 Å². The number of nitrogens with one attached hydrogen (secondary N) is 1. The lowest BCUT2D eigenvalue weighted by Gasteiger charge is -2.14. The van der Waals surface area contributed by atoms with Crippen LogP contribution in [0.2, 0.25) is 10.0 Å². The second-order valence-electron chi connectivity index (χ2n) is 5.99. The van der Waals surface area contributed by atoms with Gasteiger partial charge in [-0.3, -0.25) is 14.9 Å². The zero-order valence-electron chi connectivity index (χ0n) is 14.9. The van der Waals surface area contributed by atoms with Crippen molar-refractivity contribution < 1.29 is 4.79 Å². The van der Waals surface area contributed by atoms with E-state index in [1.54, 1.807) is 13.8 Å². The monoisotopic (exact) mass is 424 g/mol. The highest BCUT2D eigenvalue weighted by atomic mass is 35.5. The third kappa shape index (κ3) is 3.53. The van der Waals surface area contributed by atoms with Crippen LogP contribution in [0.5, 0.6) is 0 Å². The molecule has 0 spiro atoms. The molecule has 13 heteroatoms. The number of benzene rings is 1. The Hall–Kier alpha value is -3.05. The van der Waals surface area contributed by atoms with Crippen LogP contribution in [0.1, 0.15) is 30.4 Å². The molecule has 0 radical (unpaired) electrons. The molecule has 0 saturated carbocycles. The van der Waals surface area contributed by atoms with Crippen LogP contribution in [-0.4, -0.2) is 40.5 Å². The maximum Gasteiger partial charge on any atom is 0.352 e. The van der Waals surface area contributed by atoms with Gasteiger partial charge in [0.2, 0.25) is 11.6 Å². The Balaban J connectivity index is 2.21. The summed E-state index contributed by atoms with van der Waals surface area (Å²) < 4.78 is 3.03. The Morgan fingerprint density at radius 1 is 1.18 bits per heavy atom. The Labute approximate surface area is 167 Å². The van der Waals surface area contributed by atoms with Gasteiger partial charge in [0.05, 0.1) is 21.8 Å². The van der Waals surface area contributed by atoms with Gasteiger partial charge in [-0.05, 0) is 42.5 Å². The largest absolute Gasteiger partial charge is 0.352 e. The number of nitrogens with zero attached hydrogens (tertiary/aromatic N) is 7. The van der Waals surface area contributed by atoms with Crippen LogP contribution >= 0.6 is 23.2 Å². The van der Waals surface area contributed by atoms with Crippen molar-refractivity contribution in [3.8, 4) is 5.69 Å². The van der Waals surface area contributed by atoms with Crippen LogP contribution in [0.3, 0.4) is 0 Å². The van der Waals surface area contributed by atoms with Gasteiger partial charge in [0.25, 0.3) is 11.5 Å². The summed E-state index contributed by atoms with van der Waals surface area (Å²) in [6.07, 6.45) is 0. The number of anilines is 1. The fourth-order valence-corrected chi connectivity index (χ4v) is 2.61. The van der Waals surface area contributed by atoms with Crippen LogP contribution < -0.4 is 16.6 Å². The van der Waals surface area contributed by atoms with Crippen molar-refractivity contribution in [2.45, 2.75) is 19.9 Å². The maximum absolute atomic E-state index is 12.9. The summed E-state index contributed by atoms with van der Waals surface area (Å²) >= 11 is 11.9. The molecule has 0 aliphatic carbocycles. The topological polar surface area (TPSA) is 130 Å². The van der Waals surface area contributed by atoms with Gasteiger partial charge in [0, 0.05) is 7.05 Å². The summed E-state index contributed by atoms with van der Waals surface area (Å²) in [6, 6.07) is 3.81. The van der Waals surface area contributed by atoms with E-state index in [1.165, 1.54) is 29.9 Å². The number of aromatic nitrogens is 7. The second kappa shape index (κ2) is 7.52. The molecule has 0 aliphatic heterocycles. The molecule has 1 N–H and O–H groups in total. The lowest BCUT2D eigenvalue weighted by Crippen LogP contribution is -2.45. The fourth-order valence-electron chi connectivity index (χ4n) is 2.32. The van der Waals surface area contributed by atoms with Gasteiger partial charge in [-0.1, -0.05) is 28.3 Å². The van der Waals surface area contributed by atoms with Crippen LogP contribution in [-0.2, 0) is 7.05 Å². The summed E-state index contributed by atoms with van der Waals surface area (Å²) in [4.78, 5) is 38.3. The number of carbonyl (C=O) groups is 1. The van der Waals surface area contributed by atoms with Gasteiger partial charge >= 0.3 is 5.69 Å². The predicted molar refractivity (Wildman–Crippen MR) is 101 cm³/mol. The number of halogens is 2. The van der Waals surface area contributed by atoms with E-state index in [-0.39, 0.29) is 21.7 Å². The number of hydrogen-bond acceptors (Lipinski definition) is 7. The molecule has 0 bridgehead atoms. The predicted octanol–water partition coefficient (Wildman–Crippen LogP) is 1.06. The van der Waals surface area contributed by atoms with Gasteiger partial charge in [-0.15, -0.1) is 0 Å². The first-order valence-electron chi connectivity index (χ1n) is 7.95. The summed E-state index contributed by atoms with van der Waals surface area (Å²) in [5, 5.41) is 17.3. The average Bonchev–Trinajstić information content (AvgIpc) is 3.02. The maximum atomic E-state index is 12.9. The van der Waals surface area contributed by atoms with Crippen molar-refractivity contribution in [3.05, 3.63) is 54.8 Å². The quantitative estimate of drug-likeness (QED) is 0.662. The summed E-state index contributed by atoms with van der Waals surface area (Å²) in [6.45, 7) is 3.37. The molecule has 3 rings (SSSR count). The highest BCUT2D eigenvalue weighted by Gasteiger charge is 2.23. The highest BCUT2D eigenvalue weighted by molar-refractivity contribution is 6.42. The smallest absolute Gasteiger partial charge is 0.288 e. The normalized spacial score (nSPS) is 11.1. The van der Waals surface area contributed by atoms with Crippen LogP contribution in [0.4, 0.5) is 5.95 Å². The molecule has 0 atom stereocenters. The number of aryl methyl sites for hydroxylation is 1. The molecule has 0 unspecified atom stereocenters. The molecule has 28 heavy (non-hydrogen) atoms. The van der Waals surface area contributed by atoms with E-state index in [0.29, 0.717) is 0 Å². The average molecular weight is 425 g/mol. The van der Waals surface area contributed by atoms with Crippen molar-refractivity contribution in [2.24, 2.45) is 7.05 Å². The molecular formula is C15H14Cl2N8O3. The zero-order chi connectivity index (χ0) is 20.6. The first kappa shape index (κ1) is 19.7. The third-order valence-corrected chi connectivity index (χ3v) is 4.45. The van der Waals surface area contributed by atoms with Crippen molar-refractivity contribution in [1.82, 2.24) is 34.6 Å². The number of amides is 1. The molecule has 1 aromatic carbocycles. The van der Waals surface area contributed by atoms with Crippen LogP contribution in [0.25, 0.3) is 5.69 Å². The van der Waals surface area contributed by atoms with Crippen LogP contribution in [0.15, 0.2) is 27.8 Å². The number of hydrogen-bond donors (Lipinski definition) is 1. The molecule has 3 aromatic rings. The molecule has 0 aliphatic rings.